The molecule has 1 amide bonds. The molecule has 1 aromatic carbocycles. The number of hydrogen-bond donors (Lipinski definition) is 2. The normalized spacial score (nSPS) is 10.6. The second kappa shape index (κ2) is 6.78. The molecule has 0 saturated carbocycles. The van der Waals surface area contributed by atoms with Gasteiger partial charge in [-0.25, -0.2) is 4.79 Å². The number of amides is 1. The fraction of sp³-hybridized carbons (Fsp3) is 0.118. The number of carbonyl (C=O) groups is 1. The highest BCUT2D eigenvalue weighted by Gasteiger charge is 2.22. The zero-order valence-electron chi connectivity index (χ0n) is 13.4. The molecular formula is C17H16N4O3S. The number of nitrogen functional groups attached to an aromatic ring is 1. The molecule has 0 aliphatic carbocycles. The van der Waals surface area contributed by atoms with Gasteiger partial charge in [0.15, 0.2) is 5.69 Å². The van der Waals surface area contributed by atoms with Crippen LogP contribution in [0.3, 0.4) is 0 Å². The number of benzene rings is 1. The Morgan fingerprint density at radius 2 is 1.92 bits per heavy atom. The summed E-state index contributed by atoms with van der Waals surface area (Å²) in [6.45, 7) is 0.191. The minimum absolute atomic E-state index is 0.0473. The number of nitrogens with zero attached hydrogens (tertiary/aromatic N) is 2. The quantitative estimate of drug-likeness (QED) is 0.740. The zero-order valence-corrected chi connectivity index (χ0v) is 14.2. The van der Waals surface area contributed by atoms with Crippen LogP contribution in [0.1, 0.15) is 15.2 Å². The zero-order chi connectivity index (χ0) is 18.0. The Kier molecular flexibility index (Phi) is 4.53. The highest BCUT2D eigenvalue weighted by atomic mass is 32.1. The molecule has 0 atom stereocenters. The van der Waals surface area contributed by atoms with Crippen LogP contribution in [-0.2, 0) is 6.54 Å². The van der Waals surface area contributed by atoms with E-state index >= 15 is 0 Å². The summed E-state index contributed by atoms with van der Waals surface area (Å²) in [7, 11) is 1.46. The number of anilines is 2. The molecule has 128 valence electrons. The van der Waals surface area contributed by atoms with Gasteiger partial charge in [-0.05, 0) is 17.0 Å². The van der Waals surface area contributed by atoms with Gasteiger partial charge in [0, 0.05) is 7.05 Å². The number of nitrogens with one attached hydrogen (secondary N) is 1. The van der Waals surface area contributed by atoms with Crippen LogP contribution < -0.4 is 21.9 Å². The van der Waals surface area contributed by atoms with Crippen molar-refractivity contribution < 1.29 is 4.79 Å². The first-order valence-corrected chi connectivity index (χ1v) is 8.35. The maximum Gasteiger partial charge on any atom is 0.330 e. The smallest absolute Gasteiger partial charge is 0.330 e. The molecule has 3 rings (SSSR count). The van der Waals surface area contributed by atoms with Gasteiger partial charge >= 0.3 is 5.69 Å². The molecule has 3 N–H and O–H groups in total. The molecule has 3 aromatic rings. The minimum atomic E-state index is -0.695. The molecule has 2 heterocycles. The van der Waals surface area contributed by atoms with Gasteiger partial charge in [-0.1, -0.05) is 36.4 Å². The summed E-state index contributed by atoms with van der Waals surface area (Å²) in [4.78, 5) is 40.8. The third kappa shape index (κ3) is 3.24. The first-order chi connectivity index (χ1) is 12.0. The Bertz CT molecular complexity index is 1010. The Balaban J connectivity index is 2.05. The predicted octanol–water partition coefficient (Wildman–Crippen LogP) is 1.51. The van der Waals surface area contributed by atoms with Gasteiger partial charge in [0.1, 0.15) is 5.82 Å². The average molecular weight is 356 g/mol. The van der Waals surface area contributed by atoms with Crippen LogP contribution in [0.15, 0.2) is 57.4 Å². The first kappa shape index (κ1) is 16.7. The molecule has 8 heteroatoms. The average Bonchev–Trinajstić information content (AvgIpc) is 3.13. The molecule has 2 aromatic heterocycles. The topological polar surface area (TPSA) is 101 Å². The summed E-state index contributed by atoms with van der Waals surface area (Å²) in [6, 6.07) is 12.6. The lowest BCUT2D eigenvalue weighted by Gasteiger charge is -2.19. The van der Waals surface area contributed by atoms with Crippen molar-refractivity contribution in [2.24, 2.45) is 0 Å². The molecule has 25 heavy (non-hydrogen) atoms. The van der Waals surface area contributed by atoms with Crippen LogP contribution in [0.5, 0.6) is 0 Å². The van der Waals surface area contributed by atoms with Gasteiger partial charge in [-0.15, -0.1) is 11.3 Å². The van der Waals surface area contributed by atoms with Crippen molar-refractivity contribution in [2.75, 3.05) is 17.7 Å². The third-order valence-corrected chi connectivity index (χ3v) is 4.63. The number of thiophene rings is 1. The Hall–Kier alpha value is -3.13. The van der Waals surface area contributed by atoms with Crippen molar-refractivity contribution in [1.29, 1.82) is 0 Å². The largest absolute Gasteiger partial charge is 0.383 e. The number of rotatable bonds is 4. The van der Waals surface area contributed by atoms with Crippen molar-refractivity contribution in [3.8, 4) is 0 Å². The lowest BCUT2D eigenvalue weighted by molar-refractivity contribution is 0.0996. The van der Waals surface area contributed by atoms with E-state index in [9.17, 15) is 14.4 Å². The summed E-state index contributed by atoms with van der Waals surface area (Å²) in [5.41, 5.74) is 5.57. The number of H-pyrrole nitrogens is 1. The van der Waals surface area contributed by atoms with Gasteiger partial charge < -0.3 is 10.6 Å². The SMILES string of the molecule is CN(C(=O)c1cccs1)c1c(N)n(Cc2ccccc2)c(=O)[nH]c1=O. The van der Waals surface area contributed by atoms with E-state index < -0.39 is 11.2 Å². The standard InChI is InChI=1S/C17H16N4O3S/c1-20(16(23)12-8-5-9-25-12)13-14(18)21(17(24)19-15(13)22)10-11-6-3-2-4-7-11/h2-9H,10,18H2,1H3,(H,19,22,24). The van der Waals surface area contributed by atoms with E-state index in [1.807, 2.05) is 30.3 Å². The number of hydrogen-bond acceptors (Lipinski definition) is 5. The predicted molar refractivity (Wildman–Crippen MR) is 98.3 cm³/mol. The third-order valence-electron chi connectivity index (χ3n) is 3.77. The van der Waals surface area contributed by atoms with Crippen molar-refractivity contribution in [1.82, 2.24) is 9.55 Å². The molecule has 0 saturated heterocycles. The van der Waals surface area contributed by atoms with Crippen molar-refractivity contribution >= 4 is 28.7 Å². The van der Waals surface area contributed by atoms with Crippen molar-refractivity contribution in [3.05, 3.63) is 79.1 Å². The maximum absolute atomic E-state index is 12.5. The summed E-state index contributed by atoms with van der Waals surface area (Å²) in [5, 5.41) is 1.77. The molecule has 7 nitrogen and oxygen atoms in total. The Morgan fingerprint density at radius 1 is 1.20 bits per heavy atom. The van der Waals surface area contributed by atoms with Gasteiger partial charge in [0.05, 0.1) is 11.4 Å². The number of nitrogens with two attached hydrogens (primary N) is 1. The molecule has 0 spiro atoms. The van der Waals surface area contributed by atoms with E-state index in [0.717, 1.165) is 5.56 Å². The van der Waals surface area contributed by atoms with Crippen LogP contribution in [0.25, 0.3) is 0 Å². The fourth-order valence-corrected chi connectivity index (χ4v) is 3.19. The lowest BCUT2D eigenvalue weighted by Crippen LogP contribution is -2.39. The van der Waals surface area contributed by atoms with Gasteiger partial charge in [0.25, 0.3) is 11.5 Å². The summed E-state index contributed by atoms with van der Waals surface area (Å²) in [5.74, 6) is -0.415. The van der Waals surface area contributed by atoms with Gasteiger partial charge in [-0.2, -0.15) is 0 Å². The van der Waals surface area contributed by atoms with E-state index in [4.69, 9.17) is 5.73 Å². The maximum atomic E-state index is 12.5. The second-order valence-corrected chi connectivity index (χ2v) is 6.35. The monoisotopic (exact) mass is 356 g/mol. The second-order valence-electron chi connectivity index (χ2n) is 5.41. The van der Waals surface area contributed by atoms with E-state index in [1.54, 1.807) is 17.5 Å². The van der Waals surface area contributed by atoms with E-state index in [0.29, 0.717) is 4.88 Å². The molecule has 0 aliphatic rings. The Morgan fingerprint density at radius 3 is 2.56 bits per heavy atom. The summed E-state index contributed by atoms with van der Waals surface area (Å²) < 4.78 is 1.24. The van der Waals surface area contributed by atoms with E-state index in [-0.39, 0.29) is 24.0 Å². The van der Waals surface area contributed by atoms with Crippen LogP contribution >= 0.6 is 11.3 Å². The molecule has 0 unspecified atom stereocenters. The lowest BCUT2D eigenvalue weighted by atomic mass is 10.2. The van der Waals surface area contributed by atoms with Crippen LogP contribution in [0, 0.1) is 0 Å². The highest BCUT2D eigenvalue weighted by molar-refractivity contribution is 7.12. The molecule has 0 aliphatic heterocycles. The number of aromatic nitrogens is 2. The number of aromatic amines is 1. The number of carbonyl (C=O) groups excluding carboxylic acids is 1. The van der Waals surface area contributed by atoms with E-state index in [1.165, 1.54) is 27.9 Å². The van der Waals surface area contributed by atoms with Gasteiger partial charge in [0.2, 0.25) is 0 Å². The molecule has 0 radical (unpaired) electrons. The summed E-state index contributed by atoms with van der Waals surface area (Å²) >= 11 is 1.26. The van der Waals surface area contributed by atoms with Crippen LogP contribution in [0.2, 0.25) is 0 Å². The minimum Gasteiger partial charge on any atom is -0.383 e. The fourth-order valence-electron chi connectivity index (χ4n) is 2.49. The van der Waals surface area contributed by atoms with E-state index in [2.05, 4.69) is 4.98 Å². The van der Waals surface area contributed by atoms with Crippen molar-refractivity contribution in [2.45, 2.75) is 6.54 Å². The molecular weight excluding hydrogens is 340 g/mol. The van der Waals surface area contributed by atoms with Crippen molar-refractivity contribution in [3.63, 3.8) is 0 Å². The Labute approximate surface area is 147 Å². The first-order valence-electron chi connectivity index (χ1n) is 7.47. The molecule has 0 bridgehead atoms. The van der Waals surface area contributed by atoms with Crippen LogP contribution in [0.4, 0.5) is 11.5 Å². The summed E-state index contributed by atoms with van der Waals surface area (Å²) in [6.07, 6.45) is 0. The van der Waals surface area contributed by atoms with Crippen LogP contribution in [-0.4, -0.2) is 22.5 Å². The van der Waals surface area contributed by atoms with Gasteiger partial charge in [-0.3, -0.25) is 19.1 Å². The highest BCUT2D eigenvalue weighted by Crippen LogP contribution is 2.20. The molecule has 0 fully saturated rings.